The van der Waals surface area contributed by atoms with E-state index in [0.717, 1.165) is 47.6 Å². The Kier molecular flexibility index (Phi) is 8.82. The van der Waals surface area contributed by atoms with Crippen LogP contribution in [0, 0.1) is 11.3 Å². The number of nitrogens with zero attached hydrogens (tertiary/aromatic N) is 4. The van der Waals surface area contributed by atoms with Crippen LogP contribution >= 0.6 is 11.6 Å². The van der Waals surface area contributed by atoms with Crippen LogP contribution in [-0.2, 0) is 11.8 Å². The Morgan fingerprint density at radius 2 is 1.83 bits per heavy atom. The number of halogens is 1. The highest BCUT2D eigenvalue weighted by molar-refractivity contribution is 6.18. The molecule has 0 radical (unpaired) electrons. The summed E-state index contributed by atoms with van der Waals surface area (Å²) < 4.78 is 7.69. The maximum absolute atomic E-state index is 9.76. The molecule has 7 heteroatoms. The molecule has 1 aliphatic rings. The van der Waals surface area contributed by atoms with E-state index < -0.39 is 0 Å². The van der Waals surface area contributed by atoms with Gasteiger partial charge in [-0.15, -0.1) is 11.6 Å². The standard InChI is InChI=1S/C26H30ClN5O.C2H6/c1-4-18-11-21(12-19(13-28)25(18)33-10-9-27)26(2,3)20-5-7-23(8-6-20)32-17-24(14-30-32)31-15-22(29)16-31;1-2/h5-8,11-12,14,17,22H,4,9-10,15-16,29H2,1-3H3;1-2H3. The molecule has 1 aliphatic heterocycles. The van der Waals surface area contributed by atoms with Crippen molar-refractivity contribution in [1.82, 2.24) is 9.78 Å². The summed E-state index contributed by atoms with van der Waals surface area (Å²) in [5.74, 6) is 1.03. The van der Waals surface area contributed by atoms with Crippen molar-refractivity contribution in [3.8, 4) is 17.5 Å². The smallest absolute Gasteiger partial charge is 0.140 e. The predicted molar refractivity (Wildman–Crippen MR) is 144 cm³/mol. The number of anilines is 1. The molecule has 1 fully saturated rings. The van der Waals surface area contributed by atoms with Crippen LogP contribution in [0.25, 0.3) is 5.69 Å². The molecular formula is C28H36ClN5O. The number of rotatable bonds is 8. The van der Waals surface area contributed by atoms with Gasteiger partial charge in [-0.2, -0.15) is 10.4 Å². The van der Waals surface area contributed by atoms with E-state index in [-0.39, 0.29) is 11.5 Å². The van der Waals surface area contributed by atoms with Gasteiger partial charge in [-0.25, -0.2) is 4.68 Å². The van der Waals surface area contributed by atoms with Crippen LogP contribution in [0.3, 0.4) is 0 Å². The van der Waals surface area contributed by atoms with Crippen LogP contribution in [-0.4, -0.2) is 41.4 Å². The maximum atomic E-state index is 9.76. The molecule has 2 N–H and O–H groups in total. The van der Waals surface area contributed by atoms with Gasteiger partial charge < -0.3 is 15.4 Å². The fourth-order valence-corrected chi connectivity index (χ4v) is 4.32. The van der Waals surface area contributed by atoms with Crippen molar-refractivity contribution in [1.29, 1.82) is 5.26 Å². The van der Waals surface area contributed by atoms with E-state index in [4.69, 9.17) is 22.1 Å². The highest BCUT2D eigenvalue weighted by atomic mass is 35.5. The molecule has 3 aromatic rings. The SMILES string of the molecule is CC.CCc1cc(C(C)(C)c2ccc(-n3cc(N4CC(N)C4)cn3)cc2)cc(C#N)c1OCCCl. The van der Waals surface area contributed by atoms with Crippen LogP contribution in [0.5, 0.6) is 5.75 Å². The molecular weight excluding hydrogens is 458 g/mol. The van der Waals surface area contributed by atoms with Crippen LogP contribution in [0.2, 0.25) is 0 Å². The lowest BCUT2D eigenvalue weighted by Crippen LogP contribution is -2.55. The van der Waals surface area contributed by atoms with Crippen molar-refractivity contribution in [2.45, 2.75) is 52.5 Å². The third kappa shape index (κ3) is 5.63. The first-order valence-corrected chi connectivity index (χ1v) is 12.8. The first-order chi connectivity index (χ1) is 16.9. The number of alkyl halides is 1. The first-order valence-electron chi connectivity index (χ1n) is 12.3. The molecule has 186 valence electrons. The molecule has 0 amide bonds. The largest absolute Gasteiger partial charge is 0.491 e. The Bertz CT molecular complexity index is 1160. The van der Waals surface area contributed by atoms with E-state index in [1.54, 1.807) is 0 Å². The first kappa shape index (κ1) is 26.6. The van der Waals surface area contributed by atoms with Gasteiger partial charge in [-0.1, -0.05) is 52.8 Å². The van der Waals surface area contributed by atoms with E-state index in [0.29, 0.717) is 23.8 Å². The van der Waals surface area contributed by atoms with Crippen molar-refractivity contribution in [3.05, 3.63) is 71.0 Å². The molecule has 4 rings (SSSR count). The zero-order chi connectivity index (χ0) is 25.6. The number of nitriles is 1. The van der Waals surface area contributed by atoms with E-state index in [1.807, 2.05) is 37.0 Å². The summed E-state index contributed by atoms with van der Waals surface area (Å²) in [7, 11) is 0. The molecule has 2 aromatic carbocycles. The molecule has 0 aliphatic carbocycles. The van der Waals surface area contributed by atoms with Crippen molar-refractivity contribution >= 4 is 17.3 Å². The normalized spacial score (nSPS) is 13.5. The van der Waals surface area contributed by atoms with E-state index in [2.05, 4.69) is 67.2 Å². The molecule has 0 unspecified atom stereocenters. The summed E-state index contributed by atoms with van der Waals surface area (Å²) in [6.07, 6.45) is 4.70. The van der Waals surface area contributed by atoms with Gasteiger partial charge in [0.2, 0.25) is 0 Å². The average Bonchev–Trinajstić information content (AvgIpc) is 3.36. The van der Waals surface area contributed by atoms with Crippen LogP contribution in [0.4, 0.5) is 5.69 Å². The van der Waals surface area contributed by atoms with Crippen LogP contribution in [0.15, 0.2) is 48.8 Å². The fourth-order valence-electron chi connectivity index (χ4n) is 4.25. The Labute approximate surface area is 214 Å². The van der Waals surface area contributed by atoms with Crippen molar-refractivity contribution in [2.75, 3.05) is 30.5 Å². The molecule has 35 heavy (non-hydrogen) atoms. The highest BCUT2D eigenvalue weighted by Gasteiger charge is 2.27. The van der Waals surface area contributed by atoms with E-state index in [1.165, 1.54) is 0 Å². The molecule has 2 heterocycles. The van der Waals surface area contributed by atoms with Crippen molar-refractivity contribution < 1.29 is 4.74 Å². The zero-order valence-electron chi connectivity index (χ0n) is 21.4. The number of hydrogen-bond acceptors (Lipinski definition) is 5. The molecule has 0 spiro atoms. The number of aromatic nitrogens is 2. The summed E-state index contributed by atoms with van der Waals surface area (Å²) in [6.45, 7) is 12.6. The topological polar surface area (TPSA) is 80.1 Å². The number of hydrogen-bond donors (Lipinski definition) is 1. The maximum Gasteiger partial charge on any atom is 0.140 e. The third-order valence-electron chi connectivity index (χ3n) is 6.41. The summed E-state index contributed by atoms with van der Waals surface area (Å²) in [5, 5.41) is 14.3. The second-order valence-corrected chi connectivity index (χ2v) is 9.37. The summed E-state index contributed by atoms with van der Waals surface area (Å²) >= 11 is 5.79. The minimum absolute atomic E-state index is 0.255. The Hall–Kier alpha value is -3.01. The van der Waals surface area contributed by atoms with Gasteiger partial charge in [0.05, 0.1) is 35.2 Å². The second-order valence-electron chi connectivity index (χ2n) is 8.99. The Morgan fingerprint density at radius 1 is 1.14 bits per heavy atom. The monoisotopic (exact) mass is 493 g/mol. The van der Waals surface area contributed by atoms with Gasteiger partial charge in [0.15, 0.2) is 0 Å². The van der Waals surface area contributed by atoms with E-state index >= 15 is 0 Å². The van der Waals surface area contributed by atoms with Gasteiger partial charge in [-0.05, 0) is 41.3 Å². The minimum atomic E-state index is -0.290. The molecule has 1 aromatic heterocycles. The van der Waals surface area contributed by atoms with Crippen molar-refractivity contribution in [2.24, 2.45) is 5.73 Å². The van der Waals surface area contributed by atoms with Gasteiger partial charge >= 0.3 is 0 Å². The third-order valence-corrected chi connectivity index (χ3v) is 6.56. The molecule has 6 nitrogen and oxygen atoms in total. The lowest BCUT2D eigenvalue weighted by atomic mass is 9.77. The molecule has 0 atom stereocenters. The summed E-state index contributed by atoms with van der Waals surface area (Å²) in [4.78, 5) is 2.23. The number of benzene rings is 2. The average molecular weight is 494 g/mol. The zero-order valence-corrected chi connectivity index (χ0v) is 22.1. The Balaban J connectivity index is 0.00000167. The number of nitrogens with two attached hydrogens (primary N) is 1. The van der Waals surface area contributed by atoms with Crippen LogP contribution < -0.4 is 15.4 Å². The Morgan fingerprint density at radius 3 is 2.40 bits per heavy atom. The summed E-state index contributed by atoms with van der Waals surface area (Å²) in [5.41, 5.74) is 11.5. The van der Waals surface area contributed by atoms with E-state index in [9.17, 15) is 5.26 Å². The highest BCUT2D eigenvalue weighted by Crippen LogP contribution is 2.37. The van der Waals surface area contributed by atoms with Crippen LogP contribution in [0.1, 0.15) is 56.9 Å². The van der Waals surface area contributed by atoms with Gasteiger partial charge in [0.25, 0.3) is 0 Å². The summed E-state index contributed by atoms with van der Waals surface area (Å²) in [6, 6.07) is 15.1. The lowest BCUT2D eigenvalue weighted by molar-refractivity contribution is 0.338. The van der Waals surface area contributed by atoms with Crippen molar-refractivity contribution in [3.63, 3.8) is 0 Å². The predicted octanol–water partition coefficient (Wildman–Crippen LogP) is 5.42. The van der Waals surface area contributed by atoms with Gasteiger partial charge in [0, 0.05) is 24.5 Å². The molecule has 0 saturated carbocycles. The van der Waals surface area contributed by atoms with Gasteiger partial charge in [0.1, 0.15) is 18.4 Å². The molecule has 0 bridgehead atoms. The number of aryl methyl sites for hydroxylation is 1. The fraction of sp³-hybridized carbons (Fsp3) is 0.429. The molecule has 1 saturated heterocycles. The quantitative estimate of drug-likeness (QED) is 0.423. The second kappa shape index (κ2) is 11.6. The number of ether oxygens (including phenoxy) is 1. The minimum Gasteiger partial charge on any atom is -0.491 e. The lowest BCUT2D eigenvalue weighted by Gasteiger charge is -2.37. The van der Waals surface area contributed by atoms with Gasteiger partial charge in [-0.3, -0.25) is 0 Å².